The van der Waals surface area contributed by atoms with Gasteiger partial charge in [0.25, 0.3) is 0 Å². The van der Waals surface area contributed by atoms with Gasteiger partial charge >= 0.3 is 0 Å². The molecule has 0 fully saturated rings. The number of rotatable bonds is 6. The monoisotopic (exact) mass is 360 g/mol. The van der Waals surface area contributed by atoms with Crippen molar-refractivity contribution in [3.8, 4) is 16.9 Å². The van der Waals surface area contributed by atoms with E-state index < -0.39 is 0 Å². The number of halogens is 1. The molecule has 0 amide bonds. The molecule has 0 atom stereocenters. The number of nitrogens with one attached hydrogen (secondary N) is 1. The molecule has 1 N–H and O–H groups in total. The van der Waals surface area contributed by atoms with E-state index in [1.807, 2.05) is 37.4 Å². The maximum Gasteiger partial charge on any atom is 0.126 e. The minimum absolute atomic E-state index is 0. The van der Waals surface area contributed by atoms with Crippen molar-refractivity contribution in [2.45, 2.75) is 5.03 Å². The van der Waals surface area contributed by atoms with Crippen LogP contribution < -0.4 is 10.1 Å². The minimum Gasteiger partial charge on any atom is -0.496 e. The van der Waals surface area contributed by atoms with Crippen LogP contribution in [0.15, 0.2) is 59.6 Å². The number of aromatic nitrogens is 1. The van der Waals surface area contributed by atoms with Gasteiger partial charge in [-0.1, -0.05) is 36.4 Å². The number of hydrogen-bond acceptors (Lipinski definition) is 4. The van der Waals surface area contributed by atoms with E-state index in [1.165, 1.54) is 0 Å². The smallest absolute Gasteiger partial charge is 0.126 e. The lowest BCUT2D eigenvalue weighted by molar-refractivity contribution is 0.416. The molecule has 0 aliphatic heterocycles. The highest BCUT2D eigenvalue weighted by Gasteiger charge is 2.13. The van der Waals surface area contributed by atoms with Crippen LogP contribution in [0.2, 0.25) is 0 Å². The maximum absolute atomic E-state index is 5.54. The van der Waals surface area contributed by atoms with E-state index in [9.17, 15) is 0 Å². The zero-order valence-corrected chi connectivity index (χ0v) is 15.4. The highest BCUT2D eigenvalue weighted by molar-refractivity contribution is 7.99. The minimum atomic E-state index is 0. The average Bonchev–Trinajstić information content (AvgIpc) is 2.61. The van der Waals surface area contributed by atoms with Gasteiger partial charge in [0.2, 0.25) is 0 Å². The first kappa shape index (κ1) is 18.6. The molecular formula is C19H21ClN2OS. The van der Waals surface area contributed by atoms with Gasteiger partial charge in [0.15, 0.2) is 0 Å². The molecule has 0 aliphatic rings. The first-order chi connectivity index (χ1) is 11.3. The Morgan fingerprint density at radius 2 is 1.79 bits per heavy atom. The molecule has 0 radical (unpaired) electrons. The van der Waals surface area contributed by atoms with Crippen molar-refractivity contribution < 1.29 is 4.74 Å². The summed E-state index contributed by atoms with van der Waals surface area (Å²) in [6.45, 7) is 0.949. The molecule has 126 valence electrons. The third-order valence-electron chi connectivity index (χ3n) is 3.68. The third kappa shape index (κ3) is 4.01. The molecule has 2 aromatic carbocycles. The zero-order chi connectivity index (χ0) is 16.1. The van der Waals surface area contributed by atoms with Gasteiger partial charge in [0, 0.05) is 28.8 Å². The Labute approximate surface area is 153 Å². The molecule has 1 heterocycles. The van der Waals surface area contributed by atoms with Gasteiger partial charge in [-0.3, -0.25) is 0 Å². The normalized spacial score (nSPS) is 10.4. The molecule has 0 aliphatic carbocycles. The number of methoxy groups -OCH3 is 1. The van der Waals surface area contributed by atoms with Gasteiger partial charge in [0.05, 0.1) is 12.6 Å². The Hall–Kier alpha value is -1.75. The first-order valence-electron chi connectivity index (χ1n) is 7.64. The molecule has 3 nitrogen and oxygen atoms in total. The number of benzene rings is 2. The predicted octanol–water partition coefficient (Wildman–Crippen LogP) is 4.64. The molecule has 0 unspecified atom stereocenters. The summed E-state index contributed by atoms with van der Waals surface area (Å²) in [5.74, 6) is 1.85. The lowest BCUT2D eigenvalue weighted by atomic mass is 10.0. The van der Waals surface area contributed by atoms with Crippen molar-refractivity contribution in [1.82, 2.24) is 10.3 Å². The summed E-state index contributed by atoms with van der Waals surface area (Å²) in [5, 5.41) is 5.37. The first-order valence-corrected chi connectivity index (χ1v) is 8.62. The van der Waals surface area contributed by atoms with Crippen molar-refractivity contribution in [3.63, 3.8) is 0 Å². The average molecular weight is 361 g/mol. The van der Waals surface area contributed by atoms with Crippen LogP contribution in [0.3, 0.4) is 0 Å². The summed E-state index contributed by atoms with van der Waals surface area (Å²) in [7, 11) is 3.68. The zero-order valence-electron chi connectivity index (χ0n) is 13.8. The Kier molecular flexibility index (Phi) is 6.91. The fraction of sp³-hybridized carbons (Fsp3) is 0.211. The van der Waals surface area contributed by atoms with Crippen molar-refractivity contribution in [2.75, 3.05) is 26.5 Å². The summed E-state index contributed by atoms with van der Waals surface area (Å²) < 4.78 is 5.54. The van der Waals surface area contributed by atoms with Gasteiger partial charge < -0.3 is 10.1 Å². The van der Waals surface area contributed by atoms with Crippen LogP contribution in [-0.4, -0.2) is 31.4 Å². The molecular weight excluding hydrogens is 340 g/mol. The summed E-state index contributed by atoms with van der Waals surface area (Å²) in [6.07, 6.45) is 0. The fourth-order valence-corrected chi connectivity index (χ4v) is 3.50. The molecule has 0 saturated heterocycles. The lowest BCUT2D eigenvalue weighted by Gasteiger charge is -2.13. The summed E-state index contributed by atoms with van der Waals surface area (Å²) in [4.78, 5) is 4.88. The van der Waals surface area contributed by atoms with Crippen molar-refractivity contribution in [1.29, 1.82) is 0 Å². The molecule has 3 rings (SSSR count). The van der Waals surface area contributed by atoms with Crippen LogP contribution >= 0.6 is 24.2 Å². The van der Waals surface area contributed by atoms with E-state index >= 15 is 0 Å². The van der Waals surface area contributed by atoms with Gasteiger partial charge in [-0.05, 0) is 25.2 Å². The Balaban J connectivity index is 0.00000208. The van der Waals surface area contributed by atoms with E-state index in [0.717, 1.165) is 45.1 Å². The predicted molar refractivity (Wildman–Crippen MR) is 106 cm³/mol. The number of nitrogens with zero attached hydrogens (tertiary/aromatic N) is 1. The third-order valence-corrected chi connectivity index (χ3v) is 4.67. The Bertz CT molecular complexity index is 810. The standard InChI is InChI=1S/C19H20N2OS.ClH/c1-20-11-12-23-19-16(15-8-4-6-10-18(15)22-2)13-14-7-3-5-9-17(14)21-19;/h3-10,13,20H,11-12H2,1-2H3;1H. The quantitative estimate of drug-likeness (QED) is 0.512. The molecule has 3 aromatic rings. The Morgan fingerprint density at radius 3 is 2.58 bits per heavy atom. The van der Waals surface area contributed by atoms with E-state index in [0.29, 0.717) is 0 Å². The van der Waals surface area contributed by atoms with Crippen LogP contribution in [0.4, 0.5) is 0 Å². The Morgan fingerprint density at radius 1 is 1.04 bits per heavy atom. The molecule has 0 spiro atoms. The van der Waals surface area contributed by atoms with E-state index in [-0.39, 0.29) is 12.4 Å². The summed E-state index contributed by atoms with van der Waals surface area (Å²) in [6, 6.07) is 18.6. The molecule has 0 bridgehead atoms. The van der Waals surface area contributed by atoms with Crippen molar-refractivity contribution in [3.05, 3.63) is 54.6 Å². The van der Waals surface area contributed by atoms with Crippen LogP contribution in [-0.2, 0) is 0 Å². The van der Waals surface area contributed by atoms with Crippen LogP contribution in [0.25, 0.3) is 22.0 Å². The van der Waals surface area contributed by atoms with Gasteiger partial charge in [-0.15, -0.1) is 24.2 Å². The second kappa shape index (κ2) is 8.92. The van der Waals surface area contributed by atoms with Gasteiger partial charge in [0.1, 0.15) is 10.8 Å². The molecule has 1 aromatic heterocycles. The van der Waals surface area contributed by atoms with Crippen LogP contribution in [0.5, 0.6) is 5.75 Å². The SMILES string of the molecule is CNCCSc1nc2ccccc2cc1-c1ccccc1OC.Cl. The van der Waals surface area contributed by atoms with Crippen LogP contribution in [0, 0.1) is 0 Å². The maximum atomic E-state index is 5.54. The van der Waals surface area contributed by atoms with Crippen molar-refractivity contribution >= 4 is 35.1 Å². The molecule has 5 heteroatoms. The molecule has 0 saturated carbocycles. The number of ether oxygens (including phenoxy) is 1. The summed E-state index contributed by atoms with van der Waals surface area (Å²) >= 11 is 1.77. The van der Waals surface area contributed by atoms with E-state index in [2.05, 4.69) is 29.6 Å². The number of pyridine rings is 1. The lowest BCUT2D eigenvalue weighted by Crippen LogP contribution is -2.09. The second-order valence-electron chi connectivity index (χ2n) is 5.19. The number of fused-ring (bicyclic) bond motifs is 1. The number of hydrogen-bond donors (Lipinski definition) is 1. The number of thioether (sulfide) groups is 1. The summed E-state index contributed by atoms with van der Waals surface area (Å²) in [5.41, 5.74) is 3.24. The van der Waals surface area contributed by atoms with Crippen molar-refractivity contribution in [2.24, 2.45) is 0 Å². The number of para-hydroxylation sites is 2. The van der Waals surface area contributed by atoms with Gasteiger partial charge in [-0.2, -0.15) is 0 Å². The highest BCUT2D eigenvalue weighted by Crippen LogP contribution is 2.37. The fourth-order valence-electron chi connectivity index (χ4n) is 2.52. The largest absolute Gasteiger partial charge is 0.496 e. The topological polar surface area (TPSA) is 34.2 Å². The highest BCUT2D eigenvalue weighted by atomic mass is 35.5. The second-order valence-corrected chi connectivity index (χ2v) is 6.27. The van der Waals surface area contributed by atoms with Crippen LogP contribution in [0.1, 0.15) is 0 Å². The van der Waals surface area contributed by atoms with Gasteiger partial charge in [-0.25, -0.2) is 4.98 Å². The van der Waals surface area contributed by atoms with E-state index in [1.54, 1.807) is 18.9 Å². The molecule has 24 heavy (non-hydrogen) atoms. The van der Waals surface area contributed by atoms with E-state index in [4.69, 9.17) is 9.72 Å².